The molecule has 0 radical (unpaired) electrons. The number of carbonyl (C=O) groups is 3. The van der Waals surface area contributed by atoms with E-state index in [2.05, 4.69) is 29.6 Å². The summed E-state index contributed by atoms with van der Waals surface area (Å²) in [6.45, 7) is 3.68. The summed E-state index contributed by atoms with van der Waals surface area (Å²) in [7, 11) is 0. The lowest BCUT2D eigenvalue weighted by atomic mass is 9.80. The highest BCUT2D eigenvalue weighted by molar-refractivity contribution is 5.79. The first-order chi connectivity index (χ1) is 16.9. The van der Waals surface area contributed by atoms with Crippen molar-refractivity contribution in [1.82, 2.24) is 10.2 Å². The van der Waals surface area contributed by atoms with Crippen LogP contribution in [0.1, 0.15) is 43.2 Å². The molecule has 0 spiro atoms. The van der Waals surface area contributed by atoms with Crippen LogP contribution >= 0.6 is 0 Å². The number of aliphatic carboxylic acids is 1. The van der Waals surface area contributed by atoms with E-state index < -0.39 is 17.5 Å². The zero-order chi connectivity index (χ0) is 24.8. The van der Waals surface area contributed by atoms with Gasteiger partial charge in [-0.1, -0.05) is 48.5 Å². The number of alkyl carbamates (subject to hydrolysis) is 1. The molecule has 4 rings (SSSR count). The zero-order valence-corrected chi connectivity index (χ0v) is 20.0. The summed E-state index contributed by atoms with van der Waals surface area (Å²) >= 11 is 0. The van der Waals surface area contributed by atoms with Crippen LogP contribution in [-0.2, 0) is 19.1 Å². The summed E-state index contributed by atoms with van der Waals surface area (Å²) in [5.74, 6) is -0.836. The molecule has 2 aromatic carbocycles. The second-order valence-electron chi connectivity index (χ2n) is 9.36. The van der Waals surface area contributed by atoms with E-state index in [4.69, 9.17) is 9.47 Å². The SMILES string of the molecule is CC1(C(=O)O)CCN(C(=O)CCOCCNC(=O)OCC2c3ccccc3-c3ccccc32)CC1. The van der Waals surface area contributed by atoms with Crippen LogP contribution in [0.25, 0.3) is 11.1 Å². The van der Waals surface area contributed by atoms with Gasteiger partial charge in [0.15, 0.2) is 0 Å². The van der Waals surface area contributed by atoms with E-state index in [-0.39, 0.29) is 44.6 Å². The van der Waals surface area contributed by atoms with Crippen molar-refractivity contribution in [1.29, 1.82) is 0 Å². The van der Waals surface area contributed by atoms with Crippen molar-refractivity contribution in [2.24, 2.45) is 5.41 Å². The summed E-state index contributed by atoms with van der Waals surface area (Å²) < 4.78 is 11.0. The Balaban J connectivity index is 1.12. The van der Waals surface area contributed by atoms with Gasteiger partial charge in [0.05, 0.1) is 25.0 Å². The van der Waals surface area contributed by atoms with Gasteiger partial charge >= 0.3 is 12.1 Å². The second kappa shape index (κ2) is 10.9. The molecular formula is C27H32N2O6. The van der Waals surface area contributed by atoms with Crippen molar-refractivity contribution in [2.45, 2.75) is 32.1 Å². The predicted octanol–water partition coefficient (Wildman–Crippen LogP) is 3.65. The Morgan fingerprint density at radius 2 is 1.60 bits per heavy atom. The number of carboxylic acids is 1. The highest BCUT2D eigenvalue weighted by Gasteiger charge is 2.37. The van der Waals surface area contributed by atoms with Gasteiger partial charge in [-0.3, -0.25) is 9.59 Å². The molecule has 0 atom stereocenters. The number of piperidine rings is 1. The minimum atomic E-state index is -0.808. The summed E-state index contributed by atoms with van der Waals surface area (Å²) in [4.78, 5) is 37.5. The lowest BCUT2D eigenvalue weighted by molar-refractivity contribution is -0.153. The molecular weight excluding hydrogens is 448 g/mol. The normalized spacial score (nSPS) is 16.3. The van der Waals surface area contributed by atoms with E-state index in [1.807, 2.05) is 24.3 Å². The average Bonchev–Trinajstić information content (AvgIpc) is 3.18. The van der Waals surface area contributed by atoms with Gasteiger partial charge in [-0.25, -0.2) is 4.79 Å². The van der Waals surface area contributed by atoms with E-state index in [9.17, 15) is 19.5 Å². The Labute approximate surface area is 205 Å². The fourth-order valence-corrected chi connectivity index (χ4v) is 4.76. The van der Waals surface area contributed by atoms with Crippen LogP contribution in [0.15, 0.2) is 48.5 Å². The number of amides is 2. The van der Waals surface area contributed by atoms with E-state index in [0.29, 0.717) is 25.9 Å². The third kappa shape index (κ3) is 5.65. The lowest BCUT2D eigenvalue weighted by Gasteiger charge is -2.36. The van der Waals surface area contributed by atoms with Crippen LogP contribution in [-0.4, -0.2) is 67.4 Å². The molecule has 0 unspecified atom stereocenters. The largest absolute Gasteiger partial charge is 0.481 e. The third-order valence-electron chi connectivity index (χ3n) is 7.06. The molecule has 0 saturated carbocycles. The van der Waals surface area contributed by atoms with Crippen LogP contribution < -0.4 is 5.32 Å². The van der Waals surface area contributed by atoms with E-state index in [1.165, 1.54) is 11.1 Å². The molecule has 2 N–H and O–H groups in total. The molecule has 186 valence electrons. The molecule has 1 saturated heterocycles. The van der Waals surface area contributed by atoms with Gasteiger partial charge in [0, 0.05) is 25.6 Å². The minimum absolute atomic E-state index is 0.0126. The van der Waals surface area contributed by atoms with Crippen molar-refractivity contribution in [3.63, 3.8) is 0 Å². The number of carbonyl (C=O) groups excluding carboxylic acids is 2. The first-order valence-electron chi connectivity index (χ1n) is 12.1. The highest BCUT2D eigenvalue weighted by atomic mass is 16.5. The van der Waals surface area contributed by atoms with Gasteiger partial charge < -0.3 is 24.8 Å². The van der Waals surface area contributed by atoms with Gasteiger partial charge in [-0.2, -0.15) is 0 Å². The van der Waals surface area contributed by atoms with Gasteiger partial charge in [0.25, 0.3) is 0 Å². The number of nitrogens with zero attached hydrogens (tertiary/aromatic N) is 1. The molecule has 0 aromatic heterocycles. The van der Waals surface area contributed by atoms with Crippen molar-refractivity contribution in [2.75, 3.05) is 39.5 Å². The van der Waals surface area contributed by atoms with Crippen LogP contribution in [0.2, 0.25) is 0 Å². The number of benzene rings is 2. The van der Waals surface area contributed by atoms with Gasteiger partial charge in [0.1, 0.15) is 6.61 Å². The number of ether oxygens (including phenoxy) is 2. The molecule has 8 nitrogen and oxygen atoms in total. The maximum Gasteiger partial charge on any atom is 0.407 e. The van der Waals surface area contributed by atoms with E-state index in [0.717, 1.165) is 11.1 Å². The summed E-state index contributed by atoms with van der Waals surface area (Å²) in [6.07, 6.45) is 0.647. The Hall–Kier alpha value is -3.39. The van der Waals surface area contributed by atoms with Crippen LogP contribution in [0.5, 0.6) is 0 Å². The highest BCUT2D eigenvalue weighted by Crippen LogP contribution is 2.44. The minimum Gasteiger partial charge on any atom is -0.481 e. The number of nitrogens with one attached hydrogen (secondary N) is 1. The number of rotatable bonds is 9. The molecule has 0 bridgehead atoms. The van der Waals surface area contributed by atoms with Crippen LogP contribution in [0, 0.1) is 5.41 Å². The van der Waals surface area contributed by atoms with Gasteiger partial charge in [0.2, 0.25) is 5.91 Å². The smallest absolute Gasteiger partial charge is 0.407 e. The standard InChI is InChI=1S/C27H32N2O6/c1-27(25(31)32)11-14-29(15-12-27)24(30)10-16-34-17-13-28-26(33)35-18-23-21-8-4-2-6-19(21)20-7-3-5-9-22(20)23/h2-9,23H,10-18H2,1H3,(H,28,33)(H,31,32). The molecule has 2 aliphatic rings. The first kappa shape index (κ1) is 24.7. The second-order valence-corrected chi connectivity index (χ2v) is 9.36. The van der Waals surface area contributed by atoms with Crippen LogP contribution in [0.4, 0.5) is 4.79 Å². The van der Waals surface area contributed by atoms with Gasteiger partial charge in [-0.05, 0) is 42.0 Å². The monoisotopic (exact) mass is 480 g/mol. The predicted molar refractivity (Wildman–Crippen MR) is 130 cm³/mol. The van der Waals surface area contributed by atoms with Crippen molar-refractivity contribution >= 4 is 18.0 Å². The quantitative estimate of drug-likeness (QED) is 0.531. The van der Waals surface area contributed by atoms with Crippen molar-refractivity contribution in [3.05, 3.63) is 59.7 Å². The molecule has 1 aliphatic heterocycles. The summed E-state index contributed by atoms with van der Waals surface area (Å²) in [6, 6.07) is 16.4. The Morgan fingerprint density at radius 3 is 2.20 bits per heavy atom. The zero-order valence-electron chi connectivity index (χ0n) is 20.0. The first-order valence-corrected chi connectivity index (χ1v) is 12.1. The fraction of sp³-hybridized carbons (Fsp3) is 0.444. The molecule has 35 heavy (non-hydrogen) atoms. The third-order valence-corrected chi connectivity index (χ3v) is 7.06. The Kier molecular flexibility index (Phi) is 7.70. The summed E-state index contributed by atoms with van der Waals surface area (Å²) in [5, 5.41) is 12.0. The molecule has 8 heteroatoms. The fourth-order valence-electron chi connectivity index (χ4n) is 4.76. The average molecular weight is 481 g/mol. The topological polar surface area (TPSA) is 105 Å². The lowest BCUT2D eigenvalue weighted by Crippen LogP contribution is -2.45. The maximum atomic E-state index is 12.3. The maximum absolute atomic E-state index is 12.3. The number of fused-ring (bicyclic) bond motifs is 3. The Morgan fingerprint density at radius 1 is 1.00 bits per heavy atom. The number of hydrogen-bond donors (Lipinski definition) is 2. The number of likely N-dealkylation sites (tertiary alicyclic amines) is 1. The van der Waals surface area contributed by atoms with Gasteiger partial charge in [-0.15, -0.1) is 0 Å². The number of hydrogen-bond acceptors (Lipinski definition) is 5. The molecule has 2 amide bonds. The van der Waals surface area contributed by atoms with Crippen molar-refractivity contribution in [3.8, 4) is 11.1 Å². The molecule has 1 fully saturated rings. The van der Waals surface area contributed by atoms with Crippen molar-refractivity contribution < 1.29 is 29.0 Å². The number of carboxylic acid groups (broad SMARTS) is 1. The van der Waals surface area contributed by atoms with Crippen LogP contribution in [0.3, 0.4) is 0 Å². The molecule has 1 heterocycles. The summed E-state index contributed by atoms with van der Waals surface area (Å²) in [5.41, 5.74) is 3.94. The van der Waals surface area contributed by atoms with E-state index in [1.54, 1.807) is 11.8 Å². The molecule has 2 aromatic rings. The van der Waals surface area contributed by atoms with E-state index >= 15 is 0 Å². The Bertz CT molecular complexity index is 1030. The molecule has 1 aliphatic carbocycles.